The van der Waals surface area contributed by atoms with Crippen molar-refractivity contribution in [1.82, 2.24) is 0 Å². The van der Waals surface area contributed by atoms with E-state index in [0.29, 0.717) is 17.4 Å². The summed E-state index contributed by atoms with van der Waals surface area (Å²) in [6.07, 6.45) is 9.44. The van der Waals surface area contributed by atoms with Gasteiger partial charge in [0.1, 0.15) is 17.6 Å². The highest BCUT2D eigenvalue weighted by molar-refractivity contribution is 6.35. The SMILES string of the molecule is COCC1([C@H]2Oc3ccc(O)c(Cl)c3-c3ccc4c(c32)C(C)=CC(C)(C)N4)CC=CCC1. The van der Waals surface area contributed by atoms with Crippen molar-refractivity contribution in [3.8, 4) is 22.6 Å². The number of hydrogen-bond donors (Lipinski definition) is 2. The van der Waals surface area contributed by atoms with Crippen LogP contribution in [0.3, 0.4) is 0 Å². The van der Waals surface area contributed by atoms with Crippen LogP contribution in [-0.4, -0.2) is 24.4 Å². The van der Waals surface area contributed by atoms with Crippen LogP contribution in [0, 0.1) is 5.41 Å². The van der Waals surface area contributed by atoms with E-state index in [1.165, 1.54) is 11.1 Å². The molecule has 0 aromatic heterocycles. The predicted molar refractivity (Wildman–Crippen MR) is 131 cm³/mol. The summed E-state index contributed by atoms with van der Waals surface area (Å²) in [4.78, 5) is 0. The van der Waals surface area contributed by atoms with Crippen LogP contribution in [-0.2, 0) is 4.74 Å². The van der Waals surface area contributed by atoms with E-state index in [0.717, 1.165) is 41.6 Å². The zero-order chi connectivity index (χ0) is 22.7. The van der Waals surface area contributed by atoms with Gasteiger partial charge in [-0.15, -0.1) is 0 Å². The Morgan fingerprint density at radius 1 is 1.19 bits per heavy atom. The second-order valence-corrected chi connectivity index (χ2v) is 10.3. The van der Waals surface area contributed by atoms with E-state index in [-0.39, 0.29) is 22.8 Å². The lowest BCUT2D eigenvalue weighted by Crippen LogP contribution is -2.40. The highest BCUT2D eigenvalue weighted by Crippen LogP contribution is 2.58. The van der Waals surface area contributed by atoms with Gasteiger partial charge in [-0.25, -0.2) is 0 Å². The highest BCUT2D eigenvalue weighted by Gasteiger charge is 2.47. The van der Waals surface area contributed by atoms with E-state index in [4.69, 9.17) is 21.1 Å². The van der Waals surface area contributed by atoms with Crippen molar-refractivity contribution in [3.05, 3.63) is 58.6 Å². The van der Waals surface area contributed by atoms with Crippen LogP contribution in [0.1, 0.15) is 57.3 Å². The van der Waals surface area contributed by atoms with Crippen molar-refractivity contribution in [2.75, 3.05) is 19.0 Å². The fourth-order valence-corrected chi connectivity index (χ4v) is 6.05. The monoisotopic (exact) mass is 451 g/mol. The maximum Gasteiger partial charge on any atom is 0.135 e. The largest absolute Gasteiger partial charge is 0.506 e. The Morgan fingerprint density at radius 3 is 2.72 bits per heavy atom. The van der Waals surface area contributed by atoms with Gasteiger partial charge < -0.3 is 19.9 Å². The van der Waals surface area contributed by atoms with Gasteiger partial charge in [0.25, 0.3) is 0 Å². The predicted octanol–water partition coefficient (Wildman–Crippen LogP) is 7.13. The third-order valence-corrected chi connectivity index (χ3v) is 7.40. The summed E-state index contributed by atoms with van der Waals surface area (Å²) in [6.45, 7) is 7.13. The normalized spacial score (nSPS) is 25.0. The van der Waals surface area contributed by atoms with Gasteiger partial charge >= 0.3 is 0 Å². The third-order valence-electron chi connectivity index (χ3n) is 7.02. The van der Waals surface area contributed by atoms with E-state index >= 15 is 0 Å². The minimum absolute atomic E-state index is 0.0647. The molecule has 2 aromatic rings. The molecule has 5 heteroatoms. The van der Waals surface area contributed by atoms with Gasteiger partial charge in [-0.2, -0.15) is 0 Å². The minimum atomic E-state index is -0.197. The number of allylic oxidation sites excluding steroid dienone is 3. The van der Waals surface area contributed by atoms with E-state index in [1.807, 2.05) is 6.07 Å². The fourth-order valence-electron chi connectivity index (χ4n) is 5.79. The molecule has 2 heterocycles. The number of fused-ring (bicyclic) bond motifs is 5. The summed E-state index contributed by atoms with van der Waals surface area (Å²) in [7, 11) is 1.77. The summed E-state index contributed by atoms with van der Waals surface area (Å²) in [5.41, 5.74) is 6.07. The van der Waals surface area contributed by atoms with Gasteiger partial charge in [-0.3, -0.25) is 0 Å². The molecule has 3 aliphatic rings. The molecule has 1 aliphatic carbocycles. The molecule has 0 saturated heterocycles. The highest BCUT2D eigenvalue weighted by atomic mass is 35.5. The molecular weight excluding hydrogens is 422 g/mol. The molecular formula is C27H30ClNO3. The Kier molecular flexibility index (Phi) is 5.06. The lowest BCUT2D eigenvalue weighted by molar-refractivity contribution is -0.0273. The van der Waals surface area contributed by atoms with Crippen LogP contribution >= 0.6 is 11.6 Å². The number of nitrogens with one attached hydrogen (secondary N) is 1. The van der Waals surface area contributed by atoms with Crippen molar-refractivity contribution in [1.29, 1.82) is 0 Å². The van der Waals surface area contributed by atoms with Crippen LogP contribution in [0.25, 0.3) is 16.7 Å². The van der Waals surface area contributed by atoms with Crippen LogP contribution in [0.4, 0.5) is 5.69 Å². The standard InChI is InChI=1S/C27H30ClNO3/c1-16-14-26(2,3)29-18-9-8-17-22-20(11-10-19(30)24(22)28)32-25(23(17)21(16)18)27(15-31-4)12-6-5-7-13-27/h5-6,8-11,14,25,29-30H,7,12-13,15H2,1-4H3/t25-,27?/m0/s1. The molecule has 4 nitrogen and oxygen atoms in total. The molecule has 0 amide bonds. The number of methoxy groups -OCH3 is 1. The van der Waals surface area contributed by atoms with Gasteiger partial charge in [0.15, 0.2) is 0 Å². The smallest absolute Gasteiger partial charge is 0.135 e. The molecule has 168 valence electrons. The van der Waals surface area contributed by atoms with E-state index in [2.05, 4.69) is 56.4 Å². The summed E-state index contributed by atoms with van der Waals surface area (Å²) in [5.74, 6) is 0.774. The number of anilines is 1. The van der Waals surface area contributed by atoms with Gasteiger partial charge in [0, 0.05) is 34.9 Å². The lowest BCUT2D eigenvalue weighted by Gasteiger charge is -2.46. The second kappa shape index (κ2) is 7.57. The van der Waals surface area contributed by atoms with Gasteiger partial charge in [-0.1, -0.05) is 35.9 Å². The molecule has 0 radical (unpaired) electrons. The van der Waals surface area contributed by atoms with E-state index < -0.39 is 0 Å². The topological polar surface area (TPSA) is 50.7 Å². The molecule has 2 N–H and O–H groups in total. The van der Waals surface area contributed by atoms with E-state index in [1.54, 1.807) is 13.2 Å². The maximum absolute atomic E-state index is 10.4. The zero-order valence-corrected chi connectivity index (χ0v) is 19.8. The van der Waals surface area contributed by atoms with Crippen LogP contribution < -0.4 is 10.1 Å². The Hall–Kier alpha value is -2.43. The van der Waals surface area contributed by atoms with Crippen molar-refractivity contribution < 1.29 is 14.6 Å². The molecule has 1 unspecified atom stereocenters. The molecule has 2 aliphatic heterocycles. The minimum Gasteiger partial charge on any atom is -0.506 e. The van der Waals surface area contributed by atoms with Crippen molar-refractivity contribution in [2.45, 2.75) is 51.7 Å². The first-order valence-corrected chi connectivity index (χ1v) is 11.6. The molecule has 0 fully saturated rings. The number of rotatable bonds is 3. The fraction of sp³-hybridized carbons (Fsp3) is 0.407. The average molecular weight is 452 g/mol. The van der Waals surface area contributed by atoms with E-state index in [9.17, 15) is 5.11 Å². The molecule has 2 atom stereocenters. The number of halogens is 1. The number of phenols is 1. The number of hydrogen-bond acceptors (Lipinski definition) is 4. The van der Waals surface area contributed by atoms with Crippen molar-refractivity contribution >= 4 is 22.9 Å². The Labute approximate surface area is 194 Å². The number of benzene rings is 2. The first-order chi connectivity index (χ1) is 15.3. The first-order valence-electron chi connectivity index (χ1n) is 11.2. The Morgan fingerprint density at radius 2 is 2.00 bits per heavy atom. The lowest BCUT2D eigenvalue weighted by atomic mass is 9.67. The quantitative estimate of drug-likeness (QED) is 0.487. The number of aromatic hydroxyl groups is 1. The molecule has 0 saturated carbocycles. The first kappa shape index (κ1) is 21.4. The Bertz CT molecular complexity index is 1150. The van der Waals surface area contributed by atoms with Gasteiger partial charge in [0.2, 0.25) is 0 Å². The van der Waals surface area contributed by atoms with Gasteiger partial charge in [-0.05, 0) is 69.4 Å². The molecule has 0 spiro atoms. The molecule has 0 bridgehead atoms. The van der Waals surface area contributed by atoms with Crippen molar-refractivity contribution in [3.63, 3.8) is 0 Å². The summed E-state index contributed by atoms with van der Waals surface area (Å²) < 4.78 is 12.6. The number of ether oxygens (including phenoxy) is 2. The Balaban J connectivity index is 1.82. The average Bonchev–Trinajstić information content (AvgIpc) is 2.75. The van der Waals surface area contributed by atoms with Crippen LogP contribution in [0.15, 0.2) is 42.5 Å². The van der Waals surface area contributed by atoms with Gasteiger partial charge in [0.05, 0.1) is 17.2 Å². The number of phenolic OH excluding ortho intramolecular Hbond substituents is 1. The zero-order valence-electron chi connectivity index (χ0n) is 19.1. The molecule has 5 rings (SSSR count). The summed E-state index contributed by atoms with van der Waals surface area (Å²) in [5, 5.41) is 14.4. The van der Waals surface area contributed by atoms with Crippen LogP contribution in [0.5, 0.6) is 11.5 Å². The molecule has 32 heavy (non-hydrogen) atoms. The van der Waals surface area contributed by atoms with Crippen LogP contribution in [0.2, 0.25) is 5.02 Å². The van der Waals surface area contributed by atoms with Crippen molar-refractivity contribution in [2.24, 2.45) is 5.41 Å². The maximum atomic E-state index is 10.4. The third kappa shape index (κ3) is 3.23. The second-order valence-electron chi connectivity index (χ2n) is 9.90. The summed E-state index contributed by atoms with van der Waals surface area (Å²) >= 11 is 6.64. The molecule has 2 aromatic carbocycles. The summed E-state index contributed by atoms with van der Waals surface area (Å²) in [6, 6.07) is 7.69.